The minimum absolute atomic E-state index is 0.0470. The van der Waals surface area contributed by atoms with E-state index in [1.54, 1.807) is 0 Å². The van der Waals surface area contributed by atoms with E-state index in [1.165, 1.54) is 18.2 Å². The number of anilines is 1. The molecule has 0 heterocycles. The van der Waals surface area contributed by atoms with Gasteiger partial charge in [0, 0.05) is 16.8 Å². The summed E-state index contributed by atoms with van der Waals surface area (Å²) in [4.78, 5) is -1.22. The number of nitrogens with one attached hydrogen (secondary N) is 2. The van der Waals surface area contributed by atoms with Gasteiger partial charge < -0.3 is 10.6 Å². The molecular formula is C22H18ClF6N3O2S. The minimum Gasteiger partial charge on any atom is -0.367 e. The number of alkyl halides is 6. The SMILES string of the molecule is N#C/C(=C(/Nc1cc(C(F)(F)F)cc(C(F)(F)F)c1)NC1CCCC1)S(=O)(=O)c1ccc(Cl)cc1. The summed E-state index contributed by atoms with van der Waals surface area (Å²) in [6.07, 6.45) is -7.51. The molecular weight excluding hydrogens is 520 g/mol. The van der Waals surface area contributed by atoms with Crippen LogP contribution in [0.1, 0.15) is 36.8 Å². The number of benzene rings is 2. The third-order valence-electron chi connectivity index (χ3n) is 5.28. The van der Waals surface area contributed by atoms with E-state index in [0.29, 0.717) is 25.0 Å². The molecule has 0 spiro atoms. The Morgan fingerprint density at radius 1 is 0.943 bits per heavy atom. The van der Waals surface area contributed by atoms with Crippen LogP contribution in [-0.4, -0.2) is 14.5 Å². The van der Waals surface area contributed by atoms with Gasteiger partial charge in [-0.1, -0.05) is 24.4 Å². The molecule has 1 aliphatic rings. The average molecular weight is 538 g/mol. The van der Waals surface area contributed by atoms with Crippen molar-refractivity contribution >= 4 is 27.1 Å². The first kappa shape index (κ1) is 26.7. The molecule has 5 nitrogen and oxygen atoms in total. The molecule has 0 saturated heterocycles. The van der Waals surface area contributed by atoms with Gasteiger partial charge in [-0.2, -0.15) is 31.6 Å². The first-order valence-electron chi connectivity index (χ1n) is 10.2. The summed E-state index contributed by atoms with van der Waals surface area (Å²) in [5.74, 6) is -0.512. The number of hydrogen-bond donors (Lipinski definition) is 2. The molecule has 0 unspecified atom stereocenters. The largest absolute Gasteiger partial charge is 0.416 e. The molecule has 2 N–H and O–H groups in total. The van der Waals surface area contributed by atoms with Gasteiger partial charge in [-0.25, -0.2) is 8.42 Å². The molecule has 1 fully saturated rings. The minimum atomic E-state index is -5.10. The van der Waals surface area contributed by atoms with Crippen LogP contribution in [0.25, 0.3) is 0 Å². The molecule has 0 amide bonds. The second-order valence-electron chi connectivity index (χ2n) is 7.82. The maximum absolute atomic E-state index is 13.3. The van der Waals surface area contributed by atoms with Gasteiger partial charge in [-0.05, 0) is 55.3 Å². The van der Waals surface area contributed by atoms with Gasteiger partial charge in [0.25, 0.3) is 0 Å². The molecule has 0 aromatic heterocycles. The van der Waals surface area contributed by atoms with E-state index in [0.717, 1.165) is 25.0 Å². The number of hydrogen-bond acceptors (Lipinski definition) is 5. The fraction of sp³-hybridized carbons (Fsp3) is 0.318. The Labute approximate surface area is 202 Å². The molecule has 0 radical (unpaired) electrons. The molecule has 0 atom stereocenters. The van der Waals surface area contributed by atoms with E-state index in [1.807, 2.05) is 0 Å². The van der Waals surface area contributed by atoms with Crippen molar-refractivity contribution in [2.24, 2.45) is 0 Å². The number of rotatable bonds is 6. The lowest BCUT2D eigenvalue weighted by Crippen LogP contribution is -2.32. The van der Waals surface area contributed by atoms with Gasteiger partial charge in [0.1, 0.15) is 11.9 Å². The Morgan fingerprint density at radius 2 is 1.46 bits per heavy atom. The summed E-state index contributed by atoms with van der Waals surface area (Å²) >= 11 is 5.78. The van der Waals surface area contributed by atoms with Gasteiger partial charge in [0.05, 0.1) is 16.0 Å². The monoisotopic (exact) mass is 537 g/mol. The summed E-state index contributed by atoms with van der Waals surface area (Å²) in [6.45, 7) is 0. The lowest BCUT2D eigenvalue weighted by molar-refractivity contribution is -0.143. The van der Waals surface area contributed by atoms with Crippen molar-refractivity contribution in [3.8, 4) is 6.07 Å². The van der Waals surface area contributed by atoms with Crippen molar-refractivity contribution in [1.29, 1.82) is 5.26 Å². The standard InChI is InChI=1S/C22H18ClF6N3O2S/c23-15-5-7-18(8-6-15)35(33,34)19(12-30)20(31-16-3-1-2-4-16)32-17-10-13(21(24,25)26)9-14(11-17)22(27,28)29/h5-11,16,31-32H,1-4H2/b20-19-. The van der Waals surface area contributed by atoms with E-state index < -0.39 is 49.7 Å². The van der Waals surface area contributed by atoms with Crippen molar-refractivity contribution in [2.75, 3.05) is 5.32 Å². The predicted octanol–water partition coefficient (Wildman–Crippen LogP) is 6.49. The van der Waals surface area contributed by atoms with Crippen molar-refractivity contribution < 1.29 is 34.8 Å². The lowest BCUT2D eigenvalue weighted by atomic mass is 10.1. The zero-order chi connectivity index (χ0) is 26.0. The van der Waals surface area contributed by atoms with Crippen LogP contribution >= 0.6 is 11.6 Å². The molecule has 35 heavy (non-hydrogen) atoms. The summed E-state index contributed by atoms with van der Waals surface area (Å²) in [5, 5.41) is 15.0. The van der Waals surface area contributed by atoms with Crippen LogP contribution < -0.4 is 10.6 Å². The molecule has 2 aromatic rings. The van der Waals surface area contributed by atoms with Gasteiger partial charge in [-0.3, -0.25) is 0 Å². The molecule has 1 saturated carbocycles. The summed E-state index contributed by atoms with van der Waals surface area (Å²) in [7, 11) is -4.52. The molecule has 0 aliphatic heterocycles. The smallest absolute Gasteiger partial charge is 0.367 e. The van der Waals surface area contributed by atoms with Crippen LogP contribution in [0.4, 0.5) is 32.0 Å². The molecule has 188 valence electrons. The Morgan fingerprint density at radius 3 is 1.91 bits per heavy atom. The normalized spacial score (nSPS) is 15.9. The predicted molar refractivity (Wildman–Crippen MR) is 117 cm³/mol. The molecule has 3 rings (SSSR count). The Hall–Kier alpha value is -2.91. The topological polar surface area (TPSA) is 82.0 Å². The van der Waals surface area contributed by atoms with Gasteiger partial charge >= 0.3 is 12.4 Å². The van der Waals surface area contributed by atoms with Crippen molar-refractivity contribution in [3.05, 3.63) is 69.3 Å². The van der Waals surface area contributed by atoms with E-state index in [9.17, 15) is 40.0 Å². The number of nitrogens with zero attached hydrogens (tertiary/aromatic N) is 1. The molecule has 2 aromatic carbocycles. The summed E-state index contributed by atoms with van der Waals surface area (Å²) in [5.41, 5.74) is -3.87. The third kappa shape index (κ3) is 6.41. The van der Waals surface area contributed by atoms with Crippen LogP contribution in [0.2, 0.25) is 5.02 Å². The third-order valence-corrected chi connectivity index (χ3v) is 7.26. The van der Waals surface area contributed by atoms with Gasteiger partial charge in [0.15, 0.2) is 4.91 Å². The number of halogens is 7. The van der Waals surface area contributed by atoms with Crippen molar-refractivity contribution in [1.82, 2.24) is 5.32 Å². The highest BCUT2D eigenvalue weighted by Crippen LogP contribution is 2.38. The molecule has 13 heteroatoms. The van der Waals surface area contributed by atoms with Crippen molar-refractivity contribution in [3.63, 3.8) is 0 Å². The maximum atomic E-state index is 13.3. The van der Waals surface area contributed by atoms with Gasteiger partial charge in [-0.15, -0.1) is 0 Å². The van der Waals surface area contributed by atoms with Crippen LogP contribution in [0.3, 0.4) is 0 Å². The highest BCUT2D eigenvalue weighted by molar-refractivity contribution is 7.95. The average Bonchev–Trinajstić information content (AvgIpc) is 3.26. The van der Waals surface area contributed by atoms with Gasteiger partial charge in [0.2, 0.25) is 9.84 Å². The Bertz CT molecular complexity index is 1230. The van der Waals surface area contributed by atoms with E-state index >= 15 is 0 Å². The van der Waals surface area contributed by atoms with E-state index in [2.05, 4.69) is 10.6 Å². The maximum Gasteiger partial charge on any atom is 0.416 e. The zero-order valence-electron chi connectivity index (χ0n) is 17.8. The van der Waals surface area contributed by atoms with Crippen molar-refractivity contribution in [2.45, 2.75) is 49.0 Å². The highest BCUT2D eigenvalue weighted by atomic mass is 35.5. The highest BCUT2D eigenvalue weighted by Gasteiger charge is 2.37. The van der Waals surface area contributed by atoms with Crippen LogP contribution in [0.15, 0.2) is 58.1 Å². The second kappa shape index (κ2) is 9.99. The first-order chi connectivity index (χ1) is 16.2. The second-order valence-corrected chi connectivity index (χ2v) is 10.1. The Kier molecular flexibility index (Phi) is 7.62. The number of sulfone groups is 1. The molecule has 1 aliphatic carbocycles. The van der Waals surface area contributed by atoms with E-state index in [4.69, 9.17) is 11.6 Å². The fourth-order valence-electron chi connectivity index (χ4n) is 3.59. The fourth-order valence-corrected chi connectivity index (χ4v) is 4.94. The zero-order valence-corrected chi connectivity index (χ0v) is 19.3. The first-order valence-corrected chi connectivity index (χ1v) is 12.1. The Balaban J connectivity index is 2.17. The van der Waals surface area contributed by atoms with Crippen LogP contribution in [0, 0.1) is 11.3 Å². The summed E-state index contributed by atoms with van der Waals surface area (Å²) in [6, 6.07) is 6.77. The van der Waals surface area contributed by atoms with E-state index in [-0.39, 0.29) is 22.0 Å². The van der Waals surface area contributed by atoms with Crippen LogP contribution in [0.5, 0.6) is 0 Å². The quantitative estimate of drug-likeness (QED) is 0.325. The lowest BCUT2D eigenvalue weighted by Gasteiger charge is -2.21. The van der Waals surface area contributed by atoms with Crippen LogP contribution in [-0.2, 0) is 22.2 Å². The number of allylic oxidation sites excluding steroid dienone is 1. The summed E-state index contributed by atoms with van der Waals surface area (Å²) < 4.78 is 106. The molecule has 0 bridgehead atoms. The number of nitriles is 1.